The molecule has 0 aliphatic rings. The van der Waals surface area contributed by atoms with Gasteiger partial charge in [-0.25, -0.2) is 0 Å². The third-order valence-corrected chi connectivity index (χ3v) is 2.79. The summed E-state index contributed by atoms with van der Waals surface area (Å²) in [5, 5.41) is 37.5. The van der Waals surface area contributed by atoms with Gasteiger partial charge >= 0.3 is 0 Å². The van der Waals surface area contributed by atoms with Gasteiger partial charge in [0.1, 0.15) is 24.6 Å². The molecule has 0 radical (unpaired) electrons. The van der Waals surface area contributed by atoms with Gasteiger partial charge in [-0.2, -0.15) is 0 Å². The van der Waals surface area contributed by atoms with Crippen LogP contribution in [0, 0.1) is 0 Å². The zero-order chi connectivity index (χ0) is 13.4. The first-order chi connectivity index (χ1) is 8.03. The summed E-state index contributed by atoms with van der Waals surface area (Å²) in [5.74, 6) is 0.262. The number of nitrogens with zero attached hydrogens (tertiary/aromatic N) is 1. The van der Waals surface area contributed by atoms with Gasteiger partial charge in [0, 0.05) is 12.4 Å². The molecule has 0 heterocycles. The molecule has 0 amide bonds. The number of aliphatic hydroxyl groups is 4. The van der Waals surface area contributed by atoms with Crippen LogP contribution in [0.1, 0.15) is 6.92 Å². The molecule has 0 aromatic rings. The van der Waals surface area contributed by atoms with Gasteiger partial charge in [-0.15, -0.1) is 24.0 Å². The molecule has 0 fully saturated rings. The molecule has 0 aromatic carbocycles. The fourth-order valence-electron chi connectivity index (χ4n) is 1.68. The summed E-state index contributed by atoms with van der Waals surface area (Å²) in [5.41, 5.74) is 0. The Labute approximate surface area is 118 Å². The van der Waals surface area contributed by atoms with Gasteiger partial charge < -0.3 is 25.2 Å². The van der Waals surface area contributed by atoms with Gasteiger partial charge in [-0.05, 0) is 6.54 Å². The van der Waals surface area contributed by atoms with Gasteiger partial charge in [0.25, 0.3) is 0 Å². The molecule has 0 saturated carbocycles. The monoisotopic (exact) mass is 305 g/mol. The summed E-state index contributed by atoms with van der Waals surface area (Å²) in [6, 6.07) is -0.988. The molecular formula is C10H21Cl2NO5. The van der Waals surface area contributed by atoms with Crippen LogP contribution in [0.25, 0.3) is 0 Å². The highest BCUT2D eigenvalue weighted by Gasteiger charge is 2.35. The third-order valence-electron chi connectivity index (χ3n) is 2.62. The summed E-state index contributed by atoms with van der Waals surface area (Å²) < 4.78 is 0. The van der Waals surface area contributed by atoms with Crippen molar-refractivity contribution < 1.29 is 25.2 Å². The van der Waals surface area contributed by atoms with Crippen molar-refractivity contribution in [3.63, 3.8) is 0 Å². The van der Waals surface area contributed by atoms with Crippen LogP contribution in [0.15, 0.2) is 0 Å². The Bertz CT molecular complexity index is 220. The minimum atomic E-state index is -1.45. The lowest BCUT2D eigenvalue weighted by atomic mass is 9.99. The minimum Gasteiger partial charge on any atom is -0.394 e. The minimum absolute atomic E-state index is 0. The molecule has 18 heavy (non-hydrogen) atoms. The van der Waals surface area contributed by atoms with Crippen LogP contribution in [0.3, 0.4) is 0 Å². The Morgan fingerprint density at radius 1 is 1.33 bits per heavy atom. The highest BCUT2D eigenvalue weighted by Crippen LogP contribution is 2.12. The largest absolute Gasteiger partial charge is 0.394 e. The summed E-state index contributed by atoms with van der Waals surface area (Å²) in [7, 11) is 0. The van der Waals surface area contributed by atoms with E-state index in [-0.39, 0.29) is 24.6 Å². The smallest absolute Gasteiger partial charge is 0.150 e. The molecule has 0 aromatic heterocycles. The Kier molecular flexibility index (Phi) is 12.4. The molecule has 6 nitrogen and oxygen atoms in total. The van der Waals surface area contributed by atoms with Crippen molar-refractivity contribution in [2.45, 2.75) is 31.3 Å². The second-order valence-electron chi connectivity index (χ2n) is 3.68. The molecule has 0 bridgehead atoms. The molecule has 0 spiro atoms. The topological polar surface area (TPSA) is 101 Å². The first kappa shape index (κ1) is 20.4. The average Bonchev–Trinajstić information content (AvgIpc) is 2.36. The van der Waals surface area contributed by atoms with Crippen LogP contribution in [-0.2, 0) is 4.79 Å². The zero-order valence-electron chi connectivity index (χ0n) is 10.1. The first-order valence-corrected chi connectivity index (χ1v) is 5.97. The highest BCUT2D eigenvalue weighted by molar-refractivity contribution is 6.18. The number of rotatable bonds is 9. The van der Waals surface area contributed by atoms with Gasteiger partial charge in [0.2, 0.25) is 0 Å². The number of carbonyl (C=O) groups is 1. The summed E-state index contributed by atoms with van der Waals surface area (Å²) in [6.45, 7) is 1.91. The van der Waals surface area contributed by atoms with Crippen molar-refractivity contribution in [2.24, 2.45) is 0 Å². The van der Waals surface area contributed by atoms with Crippen molar-refractivity contribution >= 4 is 30.3 Å². The van der Waals surface area contributed by atoms with Crippen molar-refractivity contribution in [2.75, 3.05) is 25.6 Å². The molecule has 0 aliphatic carbocycles. The lowest BCUT2D eigenvalue weighted by Crippen LogP contribution is -2.56. The number of aliphatic hydroxyl groups excluding tert-OH is 4. The summed E-state index contributed by atoms with van der Waals surface area (Å²) >= 11 is 5.58. The van der Waals surface area contributed by atoms with Gasteiger partial charge in [0.05, 0.1) is 12.6 Å². The van der Waals surface area contributed by atoms with E-state index in [2.05, 4.69) is 0 Å². The van der Waals surface area contributed by atoms with Crippen molar-refractivity contribution in [1.82, 2.24) is 4.90 Å². The van der Waals surface area contributed by atoms with E-state index in [4.69, 9.17) is 16.7 Å². The van der Waals surface area contributed by atoms with Gasteiger partial charge in [-0.1, -0.05) is 6.92 Å². The van der Waals surface area contributed by atoms with Crippen molar-refractivity contribution in [3.05, 3.63) is 0 Å². The molecule has 0 unspecified atom stereocenters. The molecule has 8 heteroatoms. The number of carbonyl (C=O) groups excluding carboxylic acids is 1. The van der Waals surface area contributed by atoms with E-state index in [0.29, 0.717) is 13.1 Å². The zero-order valence-corrected chi connectivity index (χ0v) is 11.7. The lowest BCUT2D eigenvalue weighted by Gasteiger charge is -2.36. The van der Waals surface area contributed by atoms with Crippen LogP contribution in [0.2, 0.25) is 0 Å². The molecule has 4 atom stereocenters. The predicted molar refractivity (Wildman–Crippen MR) is 70.2 cm³/mol. The third kappa shape index (κ3) is 5.79. The summed E-state index contributed by atoms with van der Waals surface area (Å²) in [6.07, 6.45) is -4.01. The van der Waals surface area contributed by atoms with Crippen LogP contribution in [0.4, 0.5) is 0 Å². The number of likely N-dealkylation sites (N-methyl/N-ethyl adjacent to an activating group) is 1. The van der Waals surface area contributed by atoms with E-state index in [9.17, 15) is 20.1 Å². The van der Waals surface area contributed by atoms with E-state index in [0.717, 1.165) is 0 Å². The number of hydrogen-bond donors (Lipinski definition) is 4. The Balaban J connectivity index is 0. The number of aldehydes is 1. The summed E-state index contributed by atoms with van der Waals surface area (Å²) in [4.78, 5) is 12.2. The van der Waals surface area contributed by atoms with Crippen LogP contribution >= 0.6 is 24.0 Å². The van der Waals surface area contributed by atoms with E-state index >= 15 is 0 Å². The molecule has 0 rings (SSSR count). The van der Waals surface area contributed by atoms with Crippen LogP contribution in [-0.4, -0.2) is 81.5 Å². The lowest BCUT2D eigenvalue weighted by molar-refractivity contribution is -0.127. The normalized spacial score (nSPS) is 17.7. The predicted octanol–water partition coefficient (Wildman–Crippen LogP) is -1.39. The highest BCUT2D eigenvalue weighted by atomic mass is 35.5. The van der Waals surface area contributed by atoms with E-state index in [1.165, 1.54) is 0 Å². The SMILES string of the molecule is CCN(CCCl)[C@H]([C@H](O)[C@H](O)CO)[C@@H](O)C=O.Cl. The number of hydrogen-bond acceptors (Lipinski definition) is 6. The number of alkyl halides is 1. The van der Waals surface area contributed by atoms with Gasteiger partial charge in [-0.3, -0.25) is 4.90 Å². The Hall–Kier alpha value is 0.0500. The second-order valence-corrected chi connectivity index (χ2v) is 4.05. The maximum absolute atomic E-state index is 10.6. The van der Waals surface area contributed by atoms with E-state index < -0.39 is 31.0 Å². The van der Waals surface area contributed by atoms with E-state index in [1.54, 1.807) is 11.8 Å². The standard InChI is InChI=1S/C10H20ClNO5.ClH/c1-2-12(4-3-11)9(7(15)5-13)10(17)8(16)6-14;/h5,7-10,14-17H,2-4,6H2,1H3;1H/t7-,8+,9-,10+;/m0./s1. The first-order valence-electron chi connectivity index (χ1n) is 5.43. The molecule has 4 N–H and O–H groups in total. The van der Waals surface area contributed by atoms with Crippen LogP contribution < -0.4 is 0 Å². The molecule has 0 aliphatic heterocycles. The van der Waals surface area contributed by atoms with Crippen LogP contribution in [0.5, 0.6) is 0 Å². The average molecular weight is 306 g/mol. The van der Waals surface area contributed by atoms with Crippen molar-refractivity contribution in [1.29, 1.82) is 0 Å². The maximum atomic E-state index is 10.6. The molecule has 110 valence electrons. The van der Waals surface area contributed by atoms with E-state index in [1.807, 2.05) is 0 Å². The quantitative estimate of drug-likeness (QED) is 0.309. The van der Waals surface area contributed by atoms with Crippen molar-refractivity contribution in [3.8, 4) is 0 Å². The Morgan fingerprint density at radius 2 is 1.89 bits per heavy atom. The second kappa shape index (κ2) is 10.9. The Morgan fingerprint density at radius 3 is 2.22 bits per heavy atom. The van der Waals surface area contributed by atoms with Gasteiger partial charge in [0.15, 0.2) is 0 Å². The fourth-order valence-corrected chi connectivity index (χ4v) is 1.89. The molecule has 0 saturated heterocycles. The molecular weight excluding hydrogens is 285 g/mol. The number of halogens is 2. The maximum Gasteiger partial charge on any atom is 0.150 e. The fraction of sp³-hybridized carbons (Fsp3) is 0.900.